The second kappa shape index (κ2) is 12.7. The first-order valence-corrected chi connectivity index (χ1v) is 20.1. The first kappa shape index (κ1) is 35.1. The first-order chi connectivity index (χ1) is 27.6. The van der Waals surface area contributed by atoms with E-state index in [1.165, 1.54) is 24.3 Å². The fraction of sp³-hybridized carbons (Fsp3) is 0.488. The molecule has 57 heavy (non-hydrogen) atoms. The predicted molar refractivity (Wildman–Crippen MR) is 204 cm³/mol. The Morgan fingerprint density at radius 3 is 2.77 bits per heavy atom. The number of alkyl halides is 1. The molecule has 1 N–H and O–H groups in total. The second-order valence-electron chi connectivity index (χ2n) is 17.0. The second-order valence-corrected chi connectivity index (χ2v) is 17.0. The van der Waals surface area contributed by atoms with Gasteiger partial charge in [-0.15, -0.1) is 6.42 Å². The molecule has 0 unspecified atom stereocenters. The highest BCUT2D eigenvalue weighted by molar-refractivity contribution is 6.03. The third kappa shape index (κ3) is 5.20. The van der Waals surface area contributed by atoms with Crippen LogP contribution in [-0.2, 0) is 6.54 Å². The van der Waals surface area contributed by atoms with E-state index in [-0.39, 0.29) is 76.1 Å². The number of anilines is 1. The van der Waals surface area contributed by atoms with E-state index in [2.05, 4.69) is 20.6 Å². The smallest absolute Gasteiger partial charge is 0.508 e. The molecule has 2 aromatic carbocycles. The van der Waals surface area contributed by atoms with Gasteiger partial charge >= 0.3 is 11.8 Å². The van der Waals surface area contributed by atoms with Gasteiger partial charge in [0.25, 0.3) is 0 Å². The number of aromatic nitrogens is 3. The number of hydrogen-bond acceptors (Lipinski definition) is 11. The molecule has 4 saturated heterocycles. The highest BCUT2D eigenvalue weighted by Gasteiger charge is 2.55. The number of pyridine rings is 1. The molecule has 5 fully saturated rings. The summed E-state index contributed by atoms with van der Waals surface area (Å²) in [6.07, 6.45) is 11.5. The van der Waals surface area contributed by atoms with E-state index in [0.717, 1.165) is 51.5 Å². The van der Waals surface area contributed by atoms with Crippen molar-refractivity contribution < 1.29 is 31.8 Å². The molecule has 1 saturated carbocycles. The number of nitrogens with zero attached hydrogens (tertiary/aromatic N) is 6. The minimum absolute atomic E-state index is 0.00413. The number of phenolic OH excluding ortho intramolecular Hbond substituents is 1. The number of rotatable bonds is 6. The molecular formula is C43H41F3N6O5. The minimum atomic E-state index is -0.953. The van der Waals surface area contributed by atoms with Gasteiger partial charge in [-0.1, -0.05) is 18.4 Å². The Balaban J connectivity index is 1.11. The van der Waals surface area contributed by atoms with Crippen molar-refractivity contribution in [1.82, 2.24) is 24.8 Å². The molecule has 0 spiro atoms. The van der Waals surface area contributed by atoms with E-state index in [4.69, 9.17) is 34.9 Å². The van der Waals surface area contributed by atoms with Crippen LogP contribution in [0.5, 0.6) is 11.8 Å². The lowest BCUT2D eigenvalue weighted by Gasteiger charge is -2.49. The molecule has 6 aliphatic rings. The third-order valence-electron chi connectivity index (χ3n) is 14.1. The Kier molecular flexibility index (Phi) is 7.80. The molecular weight excluding hydrogens is 738 g/mol. The molecule has 14 heteroatoms. The van der Waals surface area contributed by atoms with Crippen LogP contribution in [0.15, 0.2) is 37.9 Å². The number of phenols is 1. The topological polar surface area (TPSA) is 121 Å². The van der Waals surface area contributed by atoms with Crippen molar-refractivity contribution >= 4 is 27.5 Å². The zero-order chi connectivity index (χ0) is 38.9. The molecule has 11 rings (SSSR count). The summed E-state index contributed by atoms with van der Waals surface area (Å²) in [6, 6.07) is 5.69. The molecule has 0 amide bonds. The minimum Gasteiger partial charge on any atom is -0.508 e. The van der Waals surface area contributed by atoms with Crippen LogP contribution in [0.2, 0.25) is 0 Å². The van der Waals surface area contributed by atoms with Gasteiger partial charge in [-0.3, -0.25) is 9.80 Å². The first-order valence-electron chi connectivity index (χ1n) is 20.1. The van der Waals surface area contributed by atoms with Gasteiger partial charge in [0.2, 0.25) is 0 Å². The number of halogens is 3. The zero-order valence-electron chi connectivity index (χ0n) is 31.4. The lowest BCUT2D eigenvalue weighted by Crippen LogP contribution is -2.62. The Morgan fingerprint density at radius 2 is 1.95 bits per heavy atom. The molecule has 0 radical (unpaired) electrons. The van der Waals surface area contributed by atoms with Gasteiger partial charge in [0.15, 0.2) is 11.6 Å². The molecule has 5 aliphatic heterocycles. The summed E-state index contributed by atoms with van der Waals surface area (Å²) in [5.41, 5.74) is 0.213. The van der Waals surface area contributed by atoms with Crippen LogP contribution in [0.4, 0.5) is 19.0 Å². The number of benzene rings is 2. The monoisotopic (exact) mass is 778 g/mol. The number of ether oxygens (including phenoxy) is 1. The van der Waals surface area contributed by atoms with Gasteiger partial charge in [-0.25, -0.2) is 22.9 Å². The standard InChI is InChI=1S/C43H41F3N6O5/c1-3-26-30(45)10-8-22-14-25(53)15-29(33(22)26)37-35(46)38-34-36(47-37)27-6-4-7-28(27)39-31-11-9-24(51(31)19-32-21(2)56-42(54)57-32)18-52(39)40(34)49-41(48-38)55-20-43-12-5-13-50(43)17-23(44)16-43/h1,8,10,14-15,23-24,27-28,31,39,53H,4-7,9,11-13,16-20H2,2H3/t23-,24-,27-,28+,31+,39+,43+/m1/s1. The van der Waals surface area contributed by atoms with E-state index < -0.39 is 29.2 Å². The van der Waals surface area contributed by atoms with Crippen LogP contribution in [0.25, 0.3) is 32.9 Å². The maximum atomic E-state index is 17.7. The quantitative estimate of drug-likeness (QED) is 0.185. The summed E-state index contributed by atoms with van der Waals surface area (Å²) in [7, 11) is 0. The summed E-state index contributed by atoms with van der Waals surface area (Å²) in [5, 5.41) is 12.2. The van der Waals surface area contributed by atoms with E-state index in [1.54, 1.807) is 6.92 Å². The van der Waals surface area contributed by atoms with Crippen LogP contribution < -0.4 is 15.5 Å². The summed E-state index contributed by atoms with van der Waals surface area (Å²) in [5.74, 6) is 1.72. The van der Waals surface area contributed by atoms with Crippen LogP contribution in [0.3, 0.4) is 0 Å². The molecule has 11 nitrogen and oxygen atoms in total. The Bertz CT molecular complexity index is 2610. The van der Waals surface area contributed by atoms with Crippen LogP contribution >= 0.6 is 0 Å². The average molecular weight is 779 g/mol. The van der Waals surface area contributed by atoms with E-state index in [0.29, 0.717) is 59.9 Å². The molecule has 7 atom stereocenters. The molecule has 2 bridgehead atoms. The number of aromatic hydroxyl groups is 1. The number of hydrogen-bond donors (Lipinski definition) is 1. The van der Waals surface area contributed by atoms with Gasteiger partial charge in [-0.2, -0.15) is 9.97 Å². The van der Waals surface area contributed by atoms with E-state index in [9.17, 15) is 14.3 Å². The van der Waals surface area contributed by atoms with Crippen molar-refractivity contribution in [3.63, 3.8) is 0 Å². The van der Waals surface area contributed by atoms with Crippen molar-refractivity contribution in [1.29, 1.82) is 0 Å². The fourth-order valence-corrected chi connectivity index (χ4v) is 11.8. The molecule has 5 aromatic rings. The number of aryl methyl sites for hydroxylation is 1. The van der Waals surface area contributed by atoms with Crippen molar-refractivity contribution in [2.45, 2.75) is 101 Å². The molecule has 1 aliphatic carbocycles. The van der Waals surface area contributed by atoms with Crippen molar-refractivity contribution in [2.24, 2.45) is 5.92 Å². The fourth-order valence-electron chi connectivity index (χ4n) is 11.8. The van der Waals surface area contributed by atoms with Gasteiger partial charge in [-0.05, 0) is 81.5 Å². The number of fused-ring (bicyclic) bond motifs is 10. The van der Waals surface area contributed by atoms with Crippen molar-refractivity contribution in [3.05, 3.63) is 69.3 Å². The summed E-state index contributed by atoms with van der Waals surface area (Å²) < 4.78 is 65.0. The highest BCUT2D eigenvalue weighted by atomic mass is 19.1. The SMILES string of the molecule is C#Cc1c(F)ccc2cc(O)cc(-c3nc4c5c(nc(OC[C@@]67CCCN6C[C@H](F)C7)nc5c3F)N3C[C@H]5CC[C@@H]([C@@H]3[C@H]3CCC[C@@H]43)N5Cc3oc(=O)oc3C)c12. The average Bonchev–Trinajstić information content (AvgIpc) is 3.99. The maximum absolute atomic E-state index is 17.7. The Morgan fingerprint density at radius 1 is 1.07 bits per heavy atom. The van der Waals surface area contributed by atoms with Crippen molar-refractivity contribution in [2.75, 3.05) is 31.1 Å². The predicted octanol–water partition coefficient (Wildman–Crippen LogP) is 6.74. The highest BCUT2D eigenvalue weighted by Crippen LogP contribution is 2.55. The Hall–Kier alpha value is -5.13. The number of terminal acetylenes is 1. The lowest BCUT2D eigenvalue weighted by molar-refractivity contribution is 0.0932. The van der Waals surface area contributed by atoms with E-state index >= 15 is 8.78 Å². The zero-order valence-corrected chi connectivity index (χ0v) is 31.4. The third-order valence-corrected chi connectivity index (χ3v) is 14.1. The summed E-state index contributed by atoms with van der Waals surface area (Å²) in [4.78, 5) is 34.1. The molecule has 8 heterocycles. The van der Waals surface area contributed by atoms with E-state index in [1.807, 2.05) is 0 Å². The van der Waals surface area contributed by atoms with Crippen LogP contribution in [-0.4, -0.2) is 85.9 Å². The van der Waals surface area contributed by atoms with Crippen LogP contribution in [0.1, 0.15) is 80.1 Å². The summed E-state index contributed by atoms with van der Waals surface area (Å²) >= 11 is 0. The lowest BCUT2D eigenvalue weighted by atomic mass is 9.81. The van der Waals surface area contributed by atoms with Crippen molar-refractivity contribution in [3.8, 4) is 35.4 Å². The van der Waals surface area contributed by atoms with Gasteiger partial charge in [0.05, 0.1) is 28.7 Å². The Labute approximate surface area is 325 Å². The van der Waals surface area contributed by atoms with Gasteiger partial charge in [0, 0.05) is 54.5 Å². The van der Waals surface area contributed by atoms with Gasteiger partial charge < -0.3 is 23.6 Å². The van der Waals surface area contributed by atoms with Gasteiger partial charge in [0.1, 0.15) is 47.1 Å². The normalized spacial score (nSPS) is 29.1. The van der Waals surface area contributed by atoms with Crippen LogP contribution in [0, 0.1) is 36.8 Å². The summed E-state index contributed by atoms with van der Waals surface area (Å²) in [6.45, 7) is 4.07. The number of piperazine rings is 1. The maximum Gasteiger partial charge on any atom is 0.519 e. The molecule has 3 aromatic heterocycles. The molecule has 294 valence electrons. The largest absolute Gasteiger partial charge is 0.519 e.